The van der Waals surface area contributed by atoms with Crippen LogP contribution in [0, 0.1) is 5.41 Å². The Morgan fingerprint density at radius 2 is 0.954 bits per heavy atom. The third-order valence-electron chi connectivity index (χ3n) is 15.4. The van der Waals surface area contributed by atoms with Crippen LogP contribution in [0.15, 0.2) is 186 Å². The summed E-state index contributed by atoms with van der Waals surface area (Å²) in [6.07, 6.45) is 0. The van der Waals surface area contributed by atoms with Crippen molar-refractivity contribution in [3.63, 3.8) is 0 Å². The lowest BCUT2D eigenvalue weighted by Crippen LogP contribution is -2.42. The van der Waals surface area contributed by atoms with Crippen molar-refractivity contribution in [1.29, 1.82) is 0 Å². The highest BCUT2D eigenvalue weighted by Gasteiger charge is 2.56. The van der Waals surface area contributed by atoms with Gasteiger partial charge in [-0.15, -0.1) is 0 Å². The number of rotatable bonds is 6. The SMILES string of the molecule is CC1(C)c2ccc(-n3c4ccccc4c4cc(-c5ccc6oc7cccc(-c8cccc(-c9nc(-c%10ccccc%10)nc(-c%10ccccc%10)n9)c8)c7c6c5)ccc43)cc2C(C)(C)C1(C)C. The summed E-state index contributed by atoms with van der Waals surface area (Å²) in [7, 11) is 0. The highest BCUT2D eigenvalue weighted by molar-refractivity contribution is 6.14. The Labute approximate surface area is 379 Å². The van der Waals surface area contributed by atoms with Crippen LogP contribution in [0.4, 0.5) is 0 Å². The molecule has 3 heterocycles. The number of nitrogens with zero attached hydrogens (tertiary/aromatic N) is 4. The number of furan rings is 1. The summed E-state index contributed by atoms with van der Waals surface area (Å²) in [4.78, 5) is 15.0. The zero-order chi connectivity index (χ0) is 44.2. The summed E-state index contributed by atoms with van der Waals surface area (Å²) in [5, 5.41) is 4.63. The van der Waals surface area contributed by atoms with Gasteiger partial charge in [0.15, 0.2) is 17.5 Å². The van der Waals surface area contributed by atoms with E-state index in [9.17, 15) is 0 Å². The minimum atomic E-state index is 0.0134. The van der Waals surface area contributed by atoms with Crippen LogP contribution in [0.1, 0.15) is 52.7 Å². The standard InChI is InChI=1S/C60H48N4O/c1-58(2)48-30-29-43(36-49(48)59(3,4)60(58,5)6)64-50-25-14-13-23-45(50)46-34-39(27-31-51(46)64)40-28-32-52-47(35-40)54-44(24-16-26-53(54)65-52)41-21-15-22-42(33-41)57-62-55(37-17-9-7-10-18-37)61-56(63-57)38-19-11-8-12-20-38/h7-36H,1-6H3. The van der Waals surface area contributed by atoms with E-state index in [4.69, 9.17) is 19.4 Å². The smallest absolute Gasteiger partial charge is 0.164 e. The van der Waals surface area contributed by atoms with Crippen molar-refractivity contribution in [2.24, 2.45) is 5.41 Å². The maximum absolute atomic E-state index is 6.57. The molecule has 0 N–H and O–H groups in total. The first kappa shape index (κ1) is 39.0. The second kappa shape index (κ2) is 14.2. The minimum absolute atomic E-state index is 0.0134. The molecule has 1 aliphatic rings. The van der Waals surface area contributed by atoms with Crippen LogP contribution in [-0.2, 0) is 10.8 Å². The molecule has 0 spiro atoms. The summed E-state index contributed by atoms with van der Waals surface area (Å²) >= 11 is 0. The molecule has 0 saturated carbocycles. The van der Waals surface area contributed by atoms with E-state index in [-0.39, 0.29) is 16.2 Å². The van der Waals surface area contributed by atoms with Crippen molar-refractivity contribution in [2.75, 3.05) is 0 Å². The maximum Gasteiger partial charge on any atom is 0.164 e. The lowest BCUT2D eigenvalue weighted by Gasteiger charge is -2.44. The molecule has 0 atom stereocenters. The summed E-state index contributed by atoms with van der Waals surface area (Å²) in [6.45, 7) is 14.5. The molecular formula is C60H48N4O. The van der Waals surface area contributed by atoms with Gasteiger partial charge < -0.3 is 8.98 Å². The second-order valence-corrected chi connectivity index (χ2v) is 19.3. The van der Waals surface area contributed by atoms with Crippen LogP contribution < -0.4 is 0 Å². The first-order chi connectivity index (χ1) is 31.5. The van der Waals surface area contributed by atoms with Gasteiger partial charge in [0.25, 0.3) is 0 Å². The summed E-state index contributed by atoms with van der Waals surface area (Å²) in [5.41, 5.74) is 15.6. The second-order valence-electron chi connectivity index (χ2n) is 19.3. The minimum Gasteiger partial charge on any atom is -0.456 e. The number of benzene rings is 8. The van der Waals surface area contributed by atoms with Gasteiger partial charge in [0.1, 0.15) is 11.2 Å². The zero-order valence-electron chi connectivity index (χ0n) is 37.5. The molecule has 0 fully saturated rings. The lowest BCUT2D eigenvalue weighted by molar-refractivity contribution is 0.125. The Balaban J connectivity index is 0.965. The highest BCUT2D eigenvalue weighted by Crippen LogP contribution is 2.61. The van der Waals surface area contributed by atoms with Crippen molar-refractivity contribution < 1.29 is 4.42 Å². The Morgan fingerprint density at radius 1 is 0.385 bits per heavy atom. The first-order valence-electron chi connectivity index (χ1n) is 22.6. The summed E-state index contributed by atoms with van der Waals surface area (Å²) in [5.74, 6) is 1.90. The Hall–Kier alpha value is -7.63. The molecule has 0 aliphatic heterocycles. The molecular weight excluding hydrogens is 793 g/mol. The molecule has 0 saturated heterocycles. The third kappa shape index (κ3) is 5.88. The van der Waals surface area contributed by atoms with E-state index in [2.05, 4.69) is 167 Å². The van der Waals surface area contributed by atoms with Gasteiger partial charge in [-0.1, -0.05) is 169 Å². The normalized spacial score (nSPS) is 15.0. The van der Waals surface area contributed by atoms with Crippen LogP contribution in [0.25, 0.3) is 106 Å². The molecule has 3 aromatic heterocycles. The van der Waals surface area contributed by atoms with Gasteiger partial charge in [-0.25, -0.2) is 15.0 Å². The number of aromatic nitrogens is 4. The van der Waals surface area contributed by atoms with Gasteiger partial charge in [0.2, 0.25) is 0 Å². The Morgan fingerprint density at radius 3 is 1.68 bits per heavy atom. The van der Waals surface area contributed by atoms with E-state index in [1.165, 1.54) is 38.6 Å². The average molecular weight is 841 g/mol. The van der Waals surface area contributed by atoms with Crippen molar-refractivity contribution in [1.82, 2.24) is 19.5 Å². The fourth-order valence-electron chi connectivity index (χ4n) is 10.6. The Kier molecular flexibility index (Phi) is 8.51. The van der Waals surface area contributed by atoms with Gasteiger partial charge in [0, 0.05) is 43.9 Å². The molecule has 65 heavy (non-hydrogen) atoms. The molecule has 0 radical (unpaired) electrons. The van der Waals surface area contributed by atoms with Crippen LogP contribution in [-0.4, -0.2) is 19.5 Å². The van der Waals surface area contributed by atoms with Gasteiger partial charge >= 0.3 is 0 Å². The van der Waals surface area contributed by atoms with E-state index in [0.29, 0.717) is 17.5 Å². The van der Waals surface area contributed by atoms with Crippen LogP contribution in [0.3, 0.4) is 0 Å². The summed E-state index contributed by atoms with van der Waals surface area (Å²) < 4.78 is 9.02. The predicted octanol–water partition coefficient (Wildman–Crippen LogP) is 15.8. The molecule has 12 rings (SSSR count). The molecule has 8 aromatic carbocycles. The van der Waals surface area contributed by atoms with Gasteiger partial charge in [-0.05, 0) is 104 Å². The number of fused-ring (bicyclic) bond motifs is 7. The molecule has 1 aliphatic carbocycles. The van der Waals surface area contributed by atoms with Crippen LogP contribution in [0.2, 0.25) is 0 Å². The van der Waals surface area contributed by atoms with E-state index in [1.54, 1.807) is 0 Å². The zero-order valence-corrected chi connectivity index (χ0v) is 37.5. The average Bonchev–Trinajstić information content (AvgIpc) is 3.92. The maximum atomic E-state index is 6.57. The molecule has 5 nitrogen and oxygen atoms in total. The monoisotopic (exact) mass is 840 g/mol. The summed E-state index contributed by atoms with van der Waals surface area (Å²) in [6, 6.07) is 64.6. The largest absolute Gasteiger partial charge is 0.456 e. The quantitative estimate of drug-likeness (QED) is 0.167. The number of hydrogen-bond donors (Lipinski definition) is 0. The fourth-order valence-corrected chi connectivity index (χ4v) is 10.6. The first-order valence-corrected chi connectivity index (χ1v) is 22.6. The van der Waals surface area contributed by atoms with Crippen LogP contribution in [0.5, 0.6) is 0 Å². The third-order valence-corrected chi connectivity index (χ3v) is 15.4. The molecule has 0 bridgehead atoms. The van der Waals surface area contributed by atoms with Crippen molar-refractivity contribution in [3.8, 4) is 62.1 Å². The van der Waals surface area contributed by atoms with Crippen molar-refractivity contribution in [2.45, 2.75) is 52.4 Å². The Bertz CT molecular complexity index is 3630. The number of hydrogen-bond acceptors (Lipinski definition) is 4. The lowest BCUT2D eigenvalue weighted by atomic mass is 9.59. The van der Waals surface area contributed by atoms with Crippen molar-refractivity contribution in [3.05, 3.63) is 193 Å². The molecule has 0 amide bonds. The van der Waals surface area contributed by atoms with Gasteiger partial charge in [-0.2, -0.15) is 0 Å². The fraction of sp³-hybridized carbons (Fsp3) is 0.150. The van der Waals surface area contributed by atoms with E-state index in [0.717, 1.165) is 60.9 Å². The molecule has 314 valence electrons. The van der Waals surface area contributed by atoms with Gasteiger partial charge in [-0.3, -0.25) is 0 Å². The molecule has 0 unspecified atom stereocenters. The van der Waals surface area contributed by atoms with Gasteiger partial charge in [0.05, 0.1) is 11.0 Å². The van der Waals surface area contributed by atoms with E-state index in [1.807, 2.05) is 60.7 Å². The van der Waals surface area contributed by atoms with Crippen LogP contribution >= 0.6 is 0 Å². The number of para-hydroxylation sites is 1. The molecule has 11 aromatic rings. The van der Waals surface area contributed by atoms with E-state index < -0.39 is 0 Å². The van der Waals surface area contributed by atoms with E-state index >= 15 is 0 Å². The topological polar surface area (TPSA) is 56.7 Å². The molecule has 5 heteroatoms. The highest BCUT2D eigenvalue weighted by atomic mass is 16.3. The van der Waals surface area contributed by atoms with Crippen molar-refractivity contribution >= 4 is 43.7 Å². The predicted molar refractivity (Wildman–Crippen MR) is 268 cm³/mol.